The Morgan fingerprint density at radius 1 is 0.929 bits per heavy atom. The highest BCUT2D eigenvalue weighted by molar-refractivity contribution is 8.04. The Hall–Kier alpha value is -3.95. The number of tetrazole rings is 1. The Labute approximate surface area is 251 Å². The van der Waals surface area contributed by atoms with Crippen LogP contribution in [-0.4, -0.2) is 33.3 Å². The largest absolute Gasteiger partial charge is 0.467 e. The van der Waals surface area contributed by atoms with E-state index in [0.717, 1.165) is 38.6 Å². The summed E-state index contributed by atoms with van der Waals surface area (Å²) in [6.45, 7) is 13.9. The molecule has 0 radical (unpaired) electrons. The zero-order chi connectivity index (χ0) is 29.9. The van der Waals surface area contributed by atoms with Crippen molar-refractivity contribution in [1.82, 2.24) is 20.6 Å². The van der Waals surface area contributed by atoms with Gasteiger partial charge in [0.2, 0.25) is 0 Å². The second-order valence-corrected chi connectivity index (χ2v) is 13.4. The van der Waals surface area contributed by atoms with Gasteiger partial charge in [-0.3, -0.25) is 9.69 Å². The summed E-state index contributed by atoms with van der Waals surface area (Å²) in [5, 5.41) is 14.3. The Morgan fingerprint density at radius 2 is 1.60 bits per heavy atom. The average Bonchev–Trinajstić information content (AvgIpc) is 3.46. The lowest BCUT2D eigenvalue weighted by molar-refractivity contribution is -0.114. The van der Waals surface area contributed by atoms with Gasteiger partial charge in [0, 0.05) is 16.0 Å². The van der Waals surface area contributed by atoms with Gasteiger partial charge < -0.3 is 9.47 Å². The number of nitrogens with one attached hydrogen (secondary N) is 1. The molecule has 1 aliphatic rings. The molecule has 218 valence electrons. The topological polar surface area (TPSA) is 93.2 Å². The molecule has 3 aromatic carbocycles. The number of nitrogens with zero attached hydrogens (tertiary/aromatic N) is 4. The van der Waals surface area contributed by atoms with Gasteiger partial charge >= 0.3 is 0 Å². The summed E-state index contributed by atoms with van der Waals surface area (Å²) in [5.74, 6) is 1.18. The second kappa shape index (κ2) is 12.1. The lowest BCUT2D eigenvalue weighted by Gasteiger charge is -2.31. The van der Waals surface area contributed by atoms with Crippen molar-refractivity contribution in [2.24, 2.45) is 0 Å². The Balaban J connectivity index is 1.50. The molecule has 0 aliphatic carbocycles. The number of hydrogen-bond acceptors (Lipinski definition) is 7. The third-order valence-electron chi connectivity index (χ3n) is 6.94. The van der Waals surface area contributed by atoms with Crippen LogP contribution in [0.25, 0.3) is 6.08 Å². The van der Waals surface area contributed by atoms with Gasteiger partial charge in [-0.05, 0) is 52.3 Å². The van der Waals surface area contributed by atoms with Crippen LogP contribution in [0.4, 0.5) is 5.69 Å². The maximum absolute atomic E-state index is 13.9. The molecule has 1 amide bonds. The van der Waals surface area contributed by atoms with Crippen molar-refractivity contribution in [3.05, 3.63) is 99.7 Å². The molecule has 0 fully saturated rings. The fourth-order valence-electron chi connectivity index (χ4n) is 4.80. The molecular formula is C33H37N5O3S. The van der Waals surface area contributed by atoms with Crippen molar-refractivity contribution in [2.75, 3.05) is 11.7 Å². The van der Waals surface area contributed by atoms with E-state index in [0.29, 0.717) is 17.3 Å². The van der Waals surface area contributed by atoms with Crippen LogP contribution >= 0.6 is 11.8 Å². The number of amides is 1. The summed E-state index contributed by atoms with van der Waals surface area (Å²) >= 11 is 1.48. The summed E-state index contributed by atoms with van der Waals surface area (Å²) in [7, 11) is 0. The Bertz CT molecular complexity index is 1540. The first kappa shape index (κ1) is 29.5. The minimum absolute atomic E-state index is 0.104. The molecule has 0 spiro atoms. The zero-order valence-corrected chi connectivity index (χ0v) is 25.8. The van der Waals surface area contributed by atoms with Crippen LogP contribution in [-0.2, 0) is 33.5 Å². The van der Waals surface area contributed by atoms with E-state index in [1.54, 1.807) is 4.90 Å². The van der Waals surface area contributed by atoms with E-state index in [4.69, 9.17) is 9.47 Å². The molecule has 1 aliphatic heterocycles. The zero-order valence-electron chi connectivity index (χ0n) is 25.0. The lowest BCUT2D eigenvalue weighted by Crippen LogP contribution is -2.34. The quantitative estimate of drug-likeness (QED) is 0.135. The lowest BCUT2D eigenvalue weighted by atomic mass is 9.78. The molecule has 42 heavy (non-hydrogen) atoms. The third-order valence-corrected chi connectivity index (χ3v) is 8.02. The standard InChI is InChI=1S/C33H37N5O3S/c1-32(2,3)24-16-23(17-25(33(4,5)6)30(24)41-21-40-20-22-12-8-7-9-13-22)18-28-31(39)38(19-29-34-36-37-35-29)26-14-10-11-15-27(26)42-28/h7-18H,19-21H2,1-6H3,(H,34,35,36,37). The maximum atomic E-state index is 13.9. The summed E-state index contributed by atoms with van der Waals surface area (Å²) in [5.41, 5.74) is 4.55. The Morgan fingerprint density at radius 3 is 2.24 bits per heavy atom. The van der Waals surface area contributed by atoms with E-state index < -0.39 is 0 Å². The molecule has 1 N–H and O–H groups in total. The fourth-order valence-corrected chi connectivity index (χ4v) is 5.86. The number of anilines is 1. The molecule has 8 nitrogen and oxygen atoms in total. The van der Waals surface area contributed by atoms with Crippen LogP contribution in [0.2, 0.25) is 0 Å². The number of fused-ring (bicyclic) bond motifs is 1. The number of rotatable bonds is 8. The molecule has 0 saturated heterocycles. The van der Waals surface area contributed by atoms with Crippen LogP contribution in [0.1, 0.15) is 69.6 Å². The summed E-state index contributed by atoms with van der Waals surface area (Å²) in [6.07, 6.45) is 1.98. The number of benzene rings is 3. The first-order valence-corrected chi connectivity index (χ1v) is 14.8. The van der Waals surface area contributed by atoms with Gasteiger partial charge in [-0.15, -0.1) is 10.2 Å². The Kier molecular flexibility index (Phi) is 8.52. The number of aromatic nitrogens is 4. The summed E-state index contributed by atoms with van der Waals surface area (Å²) in [6, 6.07) is 22.2. The van der Waals surface area contributed by atoms with Crippen molar-refractivity contribution in [2.45, 2.75) is 70.4 Å². The number of carbonyl (C=O) groups excluding carboxylic acids is 1. The number of carbonyl (C=O) groups is 1. The highest BCUT2D eigenvalue weighted by atomic mass is 32.2. The monoisotopic (exact) mass is 583 g/mol. The number of aromatic amines is 1. The minimum Gasteiger partial charge on any atom is -0.467 e. The molecule has 0 bridgehead atoms. The average molecular weight is 584 g/mol. The van der Waals surface area contributed by atoms with Gasteiger partial charge in [0.15, 0.2) is 12.6 Å². The number of hydrogen-bond donors (Lipinski definition) is 1. The van der Waals surface area contributed by atoms with Gasteiger partial charge in [0.25, 0.3) is 5.91 Å². The molecule has 1 aromatic heterocycles. The summed E-state index contributed by atoms with van der Waals surface area (Å²) in [4.78, 5) is 17.2. The fraction of sp³-hybridized carbons (Fsp3) is 0.333. The van der Waals surface area contributed by atoms with Gasteiger partial charge in [-0.1, -0.05) is 101 Å². The highest BCUT2D eigenvalue weighted by Crippen LogP contribution is 2.45. The van der Waals surface area contributed by atoms with Crippen LogP contribution in [0.3, 0.4) is 0 Å². The van der Waals surface area contributed by atoms with Crippen molar-refractivity contribution in [3.63, 3.8) is 0 Å². The van der Waals surface area contributed by atoms with Crippen molar-refractivity contribution in [1.29, 1.82) is 0 Å². The van der Waals surface area contributed by atoms with Crippen LogP contribution in [0.15, 0.2) is 76.5 Å². The predicted molar refractivity (Wildman–Crippen MR) is 166 cm³/mol. The second-order valence-electron chi connectivity index (χ2n) is 12.3. The highest BCUT2D eigenvalue weighted by Gasteiger charge is 2.32. The van der Waals surface area contributed by atoms with Crippen LogP contribution < -0.4 is 9.64 Å². The number of para-hydroxylation sites is 1. The van der Waals surface area contributed by atoms with E-state index in [1.807, 2.05) is 60.7 Å². The normalized spacial score (nSPS) is 14.8. The van der Waals surface area contributed by atoms with E-state index in [2.05, 4.69) is 74.3 Å². The molecule has 4 aromatic rings. The van der Waals surface area contributed by atoms with E-state index in [1.165, 1.54) is 11.8 Å². The molecule has 5 rings (SSSR count). The van der Waals surface area contributed by atoms with E-state index in [9.17, 15) is 4.79 Å². The minimum atomic E-state index is -0.218. The SMILES string of the molecule is CC(C)(C)c1cc(C=C2Sc3ccccc3N(Cc3nn[nH]n3)C2=O)cc(C(C)(C)C)c1OCOCc1ccccc1. The van der Waals surface area contributed by atoms with Crippen LogP contribution in [0, 0.1) is 0 Å². The van der Waals surface area contributed by atoms with Gasteiger partial charge in [0.05, 0.1) is 23.7 Å². The first-order valence-electron chi connectivity index (χ1n) is 14.0. The van der Waals surface area contributed by atoms with E-state index in [-0.39, 0.29) is 30.1 Å². The molecule has 9 heteroatoms. The van der Waals surface area contributed by atoms with Crippen molar-refractivity contribution >= 4 is 29.4 Å². The van der Waals surface area contributed by atoms with Crippen LogP contribution in [0.5, 0.6) is 5.75 Å². The number of H-pyrrole nitrogens is 1. The van der Waals surface area contributed by atoms with E-state index >= 15 is 0 Å². The first-order chi connectivity index (χ1) is 20.0. The molecular weight excluding hydrogens is 546 g/mol. The van der Waals surface area contributed by atoms with Crippen molar-refractivity contribution in [3.8, 4) is 5.75 Å². The maximum Gasteiger partial charge on any atom is 0.265 e. The van der Waals surface area contributed by atoms with Gasteiger partial charge in [-0.25, -0.2) is 0 Å². The predicted octanol–water partition coefficient (Wildman–Crippen LogP) is 7.03. The van der Waals surface area contributed by atoms with Crippen molar-refractivity contribution < 1.29 is 14.3 Å². The molecule has 0 atom stereocenters. The molecule has 0 unspecified atom stereocenters. The molecule has 2 heterocycles. The smallest absolute Gasteiger partial charge is 0.265 e. The van der Waals surface area contributed by atoms with Gasteiger partial charge in [-0.2, -0.15) is 5.21 Å². The number of thioether (sulfide) groups is 1. The summed E-state index contributed by atoms with van der Waals surface area (Å²) < 4.78 is 12.3. The molecule has 0 saturated carbocycles. The van der Waals surface area contributed by atoms with Gasteiger partial charge in [0.1, 0.15) is 5.75 Å². The number of ether oxygens (including phenoxy) is 2. The third kappa shape index (κ3) is 6.74.